The van der Waals surface area contributed by atoms with Gasteiger partial charge >= 0.3 is 5.97 Å². The van der Waals surface area contributed by atoms with Gasteiger partial charge in [0.1, 0.15) is 5.75 Å². The normalized spacial score (nSPS) is 11.7. The molecule has 0 aliphatic rings. The molecule has 0 saturated carbocycles. The second kappa shape index (κ2) is 8.20. The van der Waals surface area contributed by atoms with Crippen LogP contribution in [0, 0.1) is 5.92 Å². The van der Waals surface area contributed by atoms with E-state index in [-0.39, 0.29) is 19.1 Å². The van der Waals surface area contributed by atoms with Crippen molar-refractivity contribution in [3.05, 3.63) is 65.7 Å². The van der Waals surface area contributed by atoms with Crippen LogP contribution in [0.25, 0.3) is 0 Å². The fourth-order valence-corrected chi connectivity index (χ4v) is 2.13. The molecule has 22 heavy (non-hydrogen) atoms. The summed E-state index contributed by atoms with van der Waals surface area (Å²) >= 11 is 0. The maximum Gasteiger partial charge on any atom is 0.338 e. The van der Waals surface area contributed by atoms with Crippen LogP contribution in [-0.2, 0) is 11.2 Å². The van der Waals surface area contributed by atoms with Gasteiger partial charge in [-0.05, 0) is 36.2 Å². The number of carbonyl (C=O) groups excluding carboxylic acids is 1. The van der Waals surface area contributed by atoms with E-state index in [9.17, 15) is 9.90 Å². The van der Waals surface area contributed by atoms with Gasteiger partial charge in [0.25, 0.3) is 0 Å². The van der Waals surface area contributed by atoms with E-state index in [1.807, 2.05) is 30.3 Å². The maximum absolute atomic E-state index is 12.0. The average molecular weight is 300 g/mol. The van der Waals surface area contributed by atoms with Crippen LogP contribution in [0.2, 0.25) is 0 Å². The summed E-state index contributed by atoms with van der Waals surface area (Å²) in [6, 6.07) is 16.6. The molecule has 0 amide bonds. The van der Waals surface area contributed by atoms with Crippen molar-refractivity contribution in [3.8, 4) is 5.75 Å². The van der Waals surface area contributed by atoms with Gasteiger partial charge in [0, 0.05) is 12.5 Å². The van der Waals surface area contributed by atoms with Gasteiger partial charge in [-0.25, -0.2) is 4.79 Å². The summed E-state index contributed by atoms with van der Waals surface area (Å²) in [6.45, 7) is 0.168. The average Bonchev–Trinajstić information content (AvgIpc) is 2.59. The molecule has 0 aliphatic heterocycles. The Morgan fingerprint density at radius 3 is 2.36 bits per heavy atom. The highest BCUT2D eigenvalue weighted by molar-refractivity contribution is 5.89. The maximum atomic E-state index is 12.0. The van der Waals surface area contributed by atoms with Gasteiger partial charge in [-0.1, -0.05) is 30.3 Å². The standard InChI is InChI=1S/C18H20O4/c1-21-17-9-7-16(8-10-17)18(20)22-13-15(12-19)11-14-5-3-2-4-6-14/h2-10,15,19H,11-13H2,1H3/t15-/m0/s1. The van der Waals surface area contributed by atoms with Crippen LogP contribution in [0.4, 0.5) is 0 Å². The molecule has 0 heterocycles. The fourth-order valence-electron chi connectivity index (χ4n) is 2.13. The van der Waals surface area contributed by atoms with Crippen LogP contribution < -0.4 is 4.74 Å². The van der Waals surface area contributed by atoms with Crippen molar-refractivity contribution in [2.75, 3.05) is 20.3 Å². The molecule has 2 aromatic carbocycles. The summed E-state index contributed by atoms with van der Waals surface area (Å²) in [6.07, 6.45) is 0.674. The van der Waals surface area contributed by atoms with Crippen molar-refractivity contribution in [2.24, 2.45) is 5.92 Å². The molecule has 0 bridgehead atoms. The van der Waals surface area contributed by atoms with E-state index in [1.54, 1.807) is 31.4 Å². The number of methoxy groups -OCH3 is 1. The summed E-state index contributed by atoms with van der Waals surface area (Å²) in [5, 5.41) is 9.43. The first-order valence-corrected chi connectivity index (χ1v) is 7.19. The van der Waals surface area contributed by atoms with Crippen molar-refractivity contribution >= 4 is 5.97 Å². The first-order valence-electron chi connectivity index (χ1n) is 7.19. The predicted molar refractivity (Wildman–Crippen MR) is 84.0 cm³/mol. The smallest absolute Gasteiger partial charge is 0.338 e. The first-order chi connectivity index (χ1) is 10.7. The van der Waals surface area contributed by atoms with E-state index in [0.717, 1.165) is 5.56 Å². The molecule has 4 nitrogen and oxygen atoms in total. The summed E-state index contributed by atoms with van der Waals surface area (Å²) in [7, 11) is 1.57. The highest BCUT2D eigenvalue weighted by Crippen LogP contribution is 2.13. The van der Waals surface area contributed by atoms with Crippen molar-refractivity contribution in [1.82, 2.24) is 0 Å². The number of aliphatic hydroxyl groups excluding tert-OH is 1. The number of ether oxygens (including phenoxy) is 2. The second-order valence-electron chi connectivity index (χ2n) is 5.07. The van der Waals surface area contributed by atoms with Gasteiger partial charge in [0.15, 0.2) is 0 Å². The number of carbonyl (C=O) groups is 1. The highest BCUT2D eigenvalue weighted by atomic mass is 16.5. The summed E-state index contributed by atoms with van der Waals surface area (Å²) < 4.78 is 10.3. The summed E-state index contributed by atoms with van der Waals surface area (Å²) in [5.74, 6) is 0.188. The third-order valence-corrected chi connectivity index (χ3v) is 3.40. The predicted octanol–water partition coefficient (Wildman–Crippen LogP) is 2.70. The SMILES string of the molecule is COc1ccc(C(=O)OC[C@H](CO)Cc2ccccc2)cc1. The minimum absolute atomic E-state index is 0.0230. The van der Waals surface area contributed by atoms with Gasteiger partial charge in [0.2, 0.25) is 0 Å². The Morgan fingerprint density at radius 2 is 1.77 bits per heavy atom. The molecule has 0 aromatic heterocycles. The zero-order chi connectivity index (χ0) is 15.8. The molecule has 0 aliphatic carbocycles. The molecule has 4 heteroatoms. The van der Waals surface area contributed by atoms with Crippen LogP contribution in [0.1, 0.15) is 15.9 Å². The third kappa shape index (κ3) is 4.60. The van der Waals surface area contributed by atoms with E-state index in [2.05, 4.69) is 0 Å². The van der Waals surface area contributed by atoms with Gasteiger partial charge in [-0.2, -0.15) is 0 Å². The molecular weight excluding hydrogens is 280 g/mol. The van der Waals surface area contributed by atoms with Crippen LogP contribution in [0.15, 0.2) is 54.6 Å². The summed E-state index contributed by atoms with van der Waals surface area (Å²) in [4.78, 5) is 12.0. The molecule has 2 aromatic rings. The van der Waals surface area contributed by atoms with E-state index in [0.29, 0.717) is 17.7 Å². The second-order valence-corrected chi connectivity index (χ2v) is 5.07. The first kappa shape index (κ1) is 16.0. The fraction of sp³-hybridized carbons (Fsp3) is 0.278. The van der Waals surface area contributed by atoms with Crippen LogP contribution in [0.3, 0.4) is 0 Å². The van der Waals surface area contributed by atoms with E-state index >= 15 is 0 Å². The lowest BCUT2D eigenvalue weighted by Gasteiger charge is -2.14. The number of rotatable bonds is 7. The van der Waals surface area contributed by atoms with Crippen molar-refractivity contribution in [2.45, 2.75) is 6.42 Å². The van der Waals surface area contributed by atoms with Crippen LogP contribution >= 0.6 is 0 Å². The number of aliphatic hydroxyl groups is 1. The van der Waals surface area contributed by atoms with Gasteiger partial charge < -0.3 is 14.6 Å². The Bertz CT molecular complexity index is 578. The van der Waals surface area contributed by atoms with Crippen molar-refractivity contribution < 1.29 is 19.4 Å². The van der Waals surface area contributed by atoms with Crippen molar-refractivity contribution in [1.29, 1.82) is 0 Å². The van der Waals surface area contributed by atoms with Crippen molar-refractivity contribution in [3.63, 3.8) is 0 Å². The molecule has 1 N–H and O–H groups in total. The molecule has 0 fully saturated rings. The van der Waals surface area contributed by atoms with E-state index in [4.69, 9.17) is 9.47 Å². The molecule has 0 radical (unpaired) electrons. The minimum Gasteiger partial charge on any atom is -0.497 e. The molecule has 2 rings (SSSR count). The lowest BCUT2D eigenvalue weighted by Crippen LogP contribution is -2.19. The number of hydrogen-bond donors (Lipinski definition) is 1. The zero-order valence-electron chi connectivity index (χ0n) is 12.6. The largest absolute Gasteiger partial charge is 0.497 e. The summed E-state index contributed by atoms with van der Waals surface area (Å²) in [5.41, 5.74) is 1.58. The lowest BCUT2D eigenvalue weighted by molar-refractivity contribution is 0.0387. The quantitative estimate of drug-likeness (QED) is 0.799. The van der Waals surface area contributed by atoms with Gasteiger partial charge in [0.05, 0.1) is 19.3 Å². The minimum atomic E-state index is -0.394. The number of benzene rings is 2. The Labute approximate surface area is 130 Å². The third-order valence-electron chi connectivity index (χ3n) is 3.40. The van der Waals surface area contributed by atoms with Gasteiger partial charge in [-0.15, -0.1) is 0 Å². The molecule has 0 unspecified atom stereocenters. The molecule has 0 spiro atoms. The molecular formula is C18H20O4. The topological polar surface area (TPSA) is 55.8 Å². The Kier molecular flexibility index (Phi) is 5.98. The number of hydrogen-bond acceptors (Lipinski definition) is 4. The van der Waals surface area contributed by atoms with Gasteiger partial charge in [-0.3, -0.25) is 0 Å². The molecule has 116 valence electrons. The van der Waals surface area contributed by atoms with E-state index in [1.165, 1.54) is 0 Å². The van der Waals surface area contributed by atoms with Crippen LogP contribution in [-0.4, -0.2) is 31.4 Å². The monoisotopic (exact) mass is 300 g/mol. The highest BCUT2D eigenvalue weighted by Gasteiger charge is 2.13. The zero-order valence-corrected chi connectivity index (χ0v) is 12.6. The van der Waals surface area contributed by atoms with Crippen LogP contribution in [0.5, 0.6) is 5.75 Å². The lowest BCUT2D eigenvalue weighted by atomic mass is 10.0. The molecule has 0 saturated heterocycles. The molecule has 1 atom stereocenters. The Hall–Kier alpha value is -2.33. The number of esters is 1. The Balaban J connectivity index is 1.87. The Morgan fingerprint density at radius 1 is 1.09 bits per heavy atom. The van der Waals surface area contributed by atoms with E-state index < -0.39 is 5.97 Å².